The maximum absolute atomic E-state index is 13.7. The Hall–Kier alpha value is -3.63. The Bertz CT molecular complexity index is 1040. The van der Waals surface area contributed by atoms with Crippen molar-refractivity contribution in [3.05, 3.63) is 35.9 Å². The van der Waals surface area contributed by atoms with Crippen LogP contribution in [0.4, 0.5) is 4.79 Å². The fourth-order valence-electron chi connectivity index (χ4n) is 4.89. The van der Waals surface area contributed by atoms with E-state index in [2.05, 4.69) is 10.6 Å². The lowest BCUT2D eigenvalue weighted by atomic mass is 9.96. The molecule has 4 amide bonds. The molecule has 0 radical (unpaired) electrons. The number of carbonyl (C=O) groups is 5. The lowest BCUT2D eigenvalue weighted by Crippen LogP contribution is -2.60. The number of hydrogen-bond donors (Lipinski definition) is 3. The van der Waals surface area contributed by atoms with Crippen LogP contribution in [0.2, 0.25) is 0 Å². The van der Waals surface area contributed by atoms with Gasteiger partial charge in [0, 0.05) is 13.6 Å². The molecular weight excluding hydrogens is 516 g/mol. The highest BCUT2D eigenvalue weighted by atomic mass is 16.5. The van der Waals surface area contributed by atoms with E-state index < -0.39 is 54.0 Å². The van der Waals surface area contributed by atoms with Crippen molar-refractivity contribution in [2.75, 3.05) is 13.6 Å². The van der Waals surface area contributed by atoms with Crippen LogP contribution < -0.4 is 10.6 Å². The van der Waals surface area contributed by atoms with Crippen molar-refractivity contribution >= 4 is 29.8 Å². The first-order valence-electron chi connectivity index (χ1n) is 13.8. The van der Waals surface area contributed by atoms with Gasteiger partial charge in [-0.2, -0.15) is 0 Å². The minimum Gasteiger partial charge on any atom is -0.480 e. The molecule has 2 rings (SSSR count). The molecule has 1 saturated heterocycles. The van der Waals surface area contributed by atoms with Crippen molar-refractivity contribution in [3.8, 4) is 0 Å². The predicted octanol–water partition coefficient (Wildman–Crippen LogP) is 2.64. The van der Waals surface area contributed by atoms with E-state index in [0.29, 0.717) is 19.4 Å². The number of carboxylic acids is 1. The Kier molecular flexibility index (Phi) is 11.9. The second kappa shape index (κ2) is 14.7. The minimum atomic E-state index is -1.07. The van der Waals surface area contributed by atoms with Crippen molar-refractivity contribution in [1.82, 2.24) is 20.4 Å². The number of nitrogens with zero attached hydrogens (tertiary/aromatic N) is 2. The van der Waals surface area contributed by atoms with Gasteiger partial charge in [0.15, 0.2) is 0 Å². The van der Waals surface area contributed by atoms with E-state index in [9.17, 15) is 29.1 Å². The maximum atomic E-state index is 13.7. The zero-order valence-electron chi connectivity index (χ0n) is 24.5. The summed E-state index contributed by atoms with van der Waals surface area (Å²) in [6, 6.07) is 5.36. The number of nitrogens with one attached hydrogen (secondary N) is 2. The summed E-state index contributed by atoms with van der Waals surface area (Å²) in [5, 5.41) is 14.9. The van der Waals surface area contributed by atoms with Gasteiger partial charge in [-0.15, -0.1) is 0 Å². The molecule has 1 heterocycles. The van der Waals surface area contributed by atoms with Gasteiger partial charge in [-0.1, -0.05) is 71.9 Å². The summed E-state index contributed by atoms with van der Waals surface area (Å²) in [5.41, 5.74) is 0.801. The summed E-state index contributed by atoms with van der Waals surface area (Å²) in [4.78, 5) is 67.2. The zero-order chi connectivity index (χ0) is 30.1. The maximum Gasteiger partial charge on any atom is 0.408 e. The first-order chi connectivity index (χ1) is 18.8. The molecule has 0 aliphatic carbocycles. The highest BCUT2D eigenvalue weighted by Gasteiger charge is 2.42. The molecule has 0 bridgehead atoms. The van der Waals surface area contributed by atoms with Crippen molar-refractivity contribution in [3.63, 3.8) is 0 Å². The Balaban J connectivity index is 2.14. The number of likely N-dealkylation sites (N-methyl/N-ethyl adjacent to an activating group) is 1. The van der Waals surface area contributed by atoms with Crippen molar-refractivity contribution in [1.29, 1.82) is 0 Å². The molecule has 1 aromatic rings. The first kappa shape index (κ1) is 32.6. The second-order valence-corrected chi connectivity index (χ2v) is 11.3. The number of hydrogen-bond acceptors (Lipinski definition) is 6. The third-order valence-electron chi connectivity index (χ3n) is 7.14. The van der Waals surface area contributed by atoms with Crippen LogP contribution in [-0.2, 0) is 30.5 Å². The zero-order valence-corrected chi connectivity index (χ0v) is 24.5. The molecule has 1 aromatic carbocycles. The van der Waals surface area contributed by atoms with Crippen molar-refractivity contribution in [2.45, 2.75) is 85.2 Å². The van der Waals surface area contributed by atoms with Gasteiger partial charge in [0.2, 0.25) is 17.7 Å². The average molecular weight is 561 g/mol. The van der Waals surface area contributed by atoms with Crippen LogP contribution in [0.3, 0.4) is 0 Å². The Morgan fingerprint density at radius 1 is 0.950 bits per heavy atom. The Labute approximate surface area is 236 Å². The number of aliphatic carboxylic acids is 1. The van der Waals surface area contributed by atoms with Gasteiger partial charge in [0.05, 0.1) is 0 Å². The highest BCUT2D eigenvalue weighted by molar-refractivity contribution is 5.95. The number of rotatable bonds is 12. The van der Waals surface area contributed by atoms with Gasteiger partial charge in [-0.25, -0.2) is 9.59 Å². The van der Waals surface area contributed by atoms with Crippen LogP contribution in [0.1, 0.15) is 59.9 Å². The molecule has 222 valence electrons. The van der Waals surface area contributed by atoms with E-state index in [1.54, 1.807) is 41.5 Å². The second-order valence-electron chi connectivity index (χ2n) is 11.3. The molecule has 0 aromatic heterocycles. The summed E-state index contributed by atoms with van der Waals surface area (Å²) < 4.78 is 5.27. The van der Waals surface area contributed by atoms with Crippen LogP contribution >= 0.6 is 0 Å². The fourth-order valence-corrected chi connectivity index (χ4v) is 4.89. The molecule has 0 saturated carbocycles. The smallest absolute Gasteiger partial charge is 0.408 e. The lowest BCUT2D eigenvalue weighted by molar-refractivity contribution is -0.154. The van der Waals surface area contributed by atoms with Crippen LogP contribution in [0.25, 0.3) is 0 Å². The summed E-state index contributed by atoms with van der Waals surface area (Å²) in [7, 11) is 1.50. The largest absolute Gasteiger partial charge is 0.480 e. The molecular formula is C29H44N4O7. The van der Waals surface area contributed by atoms with Crippen LogP contribution in [0, 0.1) is 17.8 Å². The summed E-state index contributed by atoms with van der Waals surface area (Å²) >= 11 is 0. The number of alkyl carbamates (subject to hydrolysis) is 1. The molecule has 40 heavy (non-hydrogen) atoms. The average Bonchev–Trinajstić information content (AvgIpc) is 3.39. The minimum absolute atomic E-state index is 0.0430. The molecule has 0 unspecified atom stereocenters. The van der Waals surface area contributed by atoms with Crippen molar-refractivity contribution in [2.24, 2.45) is 17.8 Å². The van der Waals surface area contributed by atoms with Gasteiger partial charge in [0.25, 0.3) is 0 Å². The normalized spacial score (nSPS) is 17.4. The van der Waals surface area contributed by atoms with Crippen LogP contribution in [0.15, 0.2) is 30.3 Å². The fraction of sp³-hybridized carbons (Fsp3) is 0.621. The van der Waals surface area contributed by atoms with Gasteiger partial charge >= 0.3 is 12.1 Å². The molecule has 3 N–H and O–H groups in total. The Morgan fingerprint density at radius 2 is 1.55 bits per heavy atom. The molecule has 0 spiro atoms. The van der Waals surface area contributed by atoms with Crippen LogP contribution in [0.5, 0.6) is 0 Å². The number of ether oxygens (including phenoxy) is 1. The van der Waals surface area contributed by atoms with E-state index >= 15 is 0 Å². The summed E-state index contributed by atoms with van der Waals surface area (Å²) in [5.74, 6) is -3.46. The van der Waals surface area contributed by atoms with E-state index in [1.807, 2.05) is 30.3 Å². The third kappa shape index (κ3) is 8.43. The predicted molar refractivity (Wildman–Crippen MR) is 149 cm³/mol. The highest BCUT2D eigenvalue weighted by Crippen LogP contribution is 2.23. The van der Waals surface area contributed by atoms with E-state index in [4.69, 9.17) is 4.74 Å². The monoisotopic (exact) mass is 560 g/mol. The number of benzene rings is 1. The molecule has 11 heteroatoms. The first-order valence-corrected chi connectivity index (χ1v) is 13.8. The molecule has 4 atom stereocenters. The van der Waals surface area contributed by atoms with Gasteiger partial charge in [-0.05, 0) is 36.2 Å². The van der Waals surface area contributed by atoms with Gasteiger partial charge < -0.3 is 30.3 Å². The van der Waals surface area contributed by atoms with Crippen LogP contribution in [-0.4, -0.2) is 82.5 Å². The van der Waals surface area contributed by atoms with E-state index in [-0.39, 0.29) is 24.4 Å². The number of carboxylic acid groups (broad SMARTS) is 1. The molecule has 1 aliphatic heterocycles. The quantitative estimate of drug-likeness (QED) is 0.356. The van der Waals surface area contributed by atoms with Gasteiger partial charge in [0.1, 0.15) is 30.8 Å². The molecule has 1 aliphatic rings. The number of likely N-dealkylation sites (tertiary alicyclic amines) is 1. The number of carbonyl (C=O) groups excluding carboxylic acids is 4. The lowest BCUT2D eigenvalue weighted by Gasteiger charge is -2.37. The topological polar surface area (TPSA) is 145 Å². The number of amides is 4. The summed E-state index contributed by atoms with van der Waals surface area (Å²) in [6.07, 6.45) is 0.185. The van der Waals surface area contributed by atoms with Gasteiger partial charge in [-0.3, -0.25) is 14.4 Å². The summed E-state index contributed by atoms with van der Waals surface area (Å²) in [6.45, 7) is 11.0. The van der Waals surface area contributed by atoms with E-state index in [1.165, 1.54) is 16.8 Å². The third-order valence-corrected chi connectivity index (χ3v) is 7.14. The standard InChI is InChI=1S/C29H44N4O7/c1-17(2)22(31-29(39)40-16-20-12-9-8-10-13-20)25(34)30-23(18(3)4)26(35)32(7)24(19(5)6)27(36)33-15-11-14-21(33)28(37)38/h8-10,12-13,17-19,21-24H,11,14-16H2,1-7H3,(H,30,34)(H,31,39)(H,37,38)/t21-,22-,23-,24-/m0/s1. The van der Waals surface area contributed by atoms with Crippen molar-refractivity contribution < 1.29 is 33.8 Å². The SMILES string of the molecule is CC(C)[C@H](NC(=O)OCc1ccccc1)C(=O)N[C@H](C(=O)N(C)[C@H](C(=O)N1CCC[C@H]1C(=O)O)C(C)C)C(C)C. The molecule has 1 fully saturated rings. The van der Waals surface area contributed by atoms with E-state index in [0.717, 1.165) is 5.56 Å². The molecule has 11 nitrogen and oxygen atoms in total. The Morgan fingerprint density at radius 3 is 2.08 bits per heavy atom.